The van der Waals surface area contributed by atoms with Crippen LogP contribution in [0.1, 0.15) is 23.2 Å². The normalized spacial score (nSPS) is 16.6. The van der Waals surface area contributed by atoms with E-state index in [1.165, 1.54) is 24.3 Å². The van der Waals surface area contributed by atoms with Gasteiger partial charge in [0.05, 0.1) is 5.02 Å². The van der Waals surface area contributed by atoms with Crippen molar-refractivity contribution in [2.45, 2.75) is 12.8 Å². The molecule has 2 rings (SSSR count). The highest BCUT2D eigenvalue weighted by Gasteiger charge is 2.15. The van der Waals surface area contributed by atoms with Gasteiger partial charge < -0.3 is 5.32 Å². The van der Waals surface area contributed by atoms with Crippen LogP contribution in [0.4, 0.5) is 0 Å². The second-order valence-corrected chi connectivity index (χ2v) is 6.88. The fraction of sp³-hybridized carbons (Fsp3) is 0.462. The average Bonchev–Trinajstić information content (AvgIpc) is 2.40. The molecule has 0 saturated carbocycles. The lowest BCUT2D eigenvalue weighted by Crippen LogP contribution is -2.30. The maximum Gasteiger partial charge on any atom is 0.251 e. The molecule has 0 spiro atoms. The molecule has 0 unspecified atom stereocenters. The summed E-state index contributed by atoms with van der Waals surface area (Å²) in [4.78, 5) is 12.0. The van der Waals surface area contributed by atoms with Gasteiger partial charge in [0.25, 0.3) is 5.91 Å². The molecule has 0 bridgehead atoms. The Labute approximate surface area is 125 Å². The van der Waals surface area contributed by atoms with Crippen molar-refractivity contribution in [2.75, 3.05) is 18.1 Å². The first-order chi connectivity index (χ1) is 8.66. The molecule has 1 fully saturated rings. The molecule has 18 heavy (non-hydrogen) atoms. The monoisotopic (exact) mass is 347 g/mol. The van der Waals surface area contributed by atoms with Crippen LogP contribution in [0.25, 0.3) is 0 Å². The van der Waals surface area contributed by atoms with Crippen LogP contribution in [0, 0.1) is 5.92 Å². The number of hydrogen-bond acceptors (Lipinski definition) is 2. The smallest absolute Gasteiger partial charge is 0.251 e. The zero-order valence-corrected chi connectivity index (χ0v) is 13.1. The van der Waals surface area contributed by atoms with Crippen LogP contribution in [0.3, 0.4) is 0 Å². The van der Waals surface area contributed by atoms with Gasteiger partial charge in [-0.2, -0.15) is 11.8 Å². The van der Waals surface area contributed by atoms with E-state index in [1.807, 2.05) is 11.8 Å². The maximum atomic E-state index is 12.0. The molecular formula is C13H15BrClNOS. The minimum Gasteiger partial charge on any atom is -0.352 e. The summed E-state index contributed by atoms with van der Waals surface area (Å²) in [5, 5.41) is 3.62. The third-order valence-electron chi connectivity index (χ3n) is 3.07. The molecule has 1 saturated heterocycles. The van der Waals surface area contributed by atoms with Crippen molar-refractivity contribution in [1.29, 1.82) is 0 Å². The van der Waals surface area contributed by atoms with Crippen molar-refractivity contribution in [2.24, 2.45) is 5.92 Å². The Morgan fingerprint density at radius 2 is 2.17 bits per heavy atom. The quantitative estimate of drug-likeness (QED) is 0.895. The highest BCUT2D eigenvalue weighted by Crippen LogP contribution is 2.24. The van der Waals surface area contributed by atoms with E-state index in [1.54, 1.807) is 18.2 Å². The van der Waals surface area contributed by atoms with Gasteiger partial charge in [0.2, 0.25) is 0 Å². The molecule has 1 aromatic rings. The van der Waals surface area contributed by atoms with Gasteiger partial charge in [-0.3, -0.25) is 4.79 Å². The SMILES string of the molecule is O=C(NCC1CCSCC1)c1ccc(Cl)c(Br)c1. The van der Waals surface area contributed by atoms with Crippen molar-refractivity contribution in [3.63, 3.8) is 0 Å². The van der Waals surface area contributed by atoms with Gasteiger partial charge in [-0.25, -0.2) is 0 Å². The van der Waals surface area contributed by atoms with E-state index in [9.17, 15) is 4.79 Å². The topological polar surface area (TPSA) is 29.1 Å². The Morgan fingerprint density at radius 3 is 2.83 bits per heavy atom. The van der Waals surface area contributed by atoms with Gasteiger partial charge in [-0.05, 0) is 64.4 Å². The van der Waals surface area contributed by atoms with Crippen molar-refractivity contribution < 1.29 is 4.79 Å². The highest BCUT2D eigenvalue weighted by atomic mass is 79.9. The van der Waals surface area contributed by atoms with Crippen LogP contribution < -0.4 is 5.32 Å². The molecule has 5 heteroatoms. The first-order valence-electron chi connectivity index (χ1n) is 5.98. The molecule has 1 aliphatic heterocycles. The second kappa shape index (κ2) is 6.83. The standard InChI is InChI=1S/C13H15BrClNOS/c14-11-7-10(1-2-12(11)15)13(17)16-8-9-3-5-18-6-4-9/h1-2,7,9H,3-6,8H2,(H,16,17). The van der Waals surface area contributed by atoms with Crippen molar-refractivity contribution in [1.82, 2.24) is 5.32 Å². The number of carbonyl (C=O) groups excluding carboxylic acids is 1. The molecule has 1 N–H and O–H groups in total. The molecule has 0 radical (unpaired) electrons. The minimum atomic E-state index is -0.0226. The van der Waals surface area contributed by atoms with E-state index in [2.05, 4.69) is 21.2 Å². The number of rotatable bonds is 3. The zero-order chi connectivity index (χ0) is 13.0. The van der Waals surface area contributed by atoms with Crippen molar-refractivity contribution in [3.8, 4) is 0 Å². The predicted molar refractivity (Wildman–Crippen MR) is 81.5 cm³/mol. The maximum absolute atomic E-state index is 12.0. The molecular weight excluding hydrogens is 334 g/mol. The number of benzene rings is 1. The lowest BCUT2D eigenvalue weighted by molar-refractivity contribution is 0.0946. The second-order valence-electron chi connectivity index (χ2n) is 4.39. The van der Waals surface area contributed by atoms with Gasteiger partial charge in [0, 0.05) is 16.6 Å². The number of carbonyl (C=O) groups is 1. The number of halogens is 2. The number of nitrogens with one attached hydrogen (secondary N) is 1. The van der Waals surface area contributed by atoms with E-state index in [0.717, 1.165) is 11.0 Å². The Kier molecular flexibility index (Phi) is 5.39. The fourth-order valence-corrected chi connectivity index (χ4v) is 3.63. The van der Waals surface area contributed by atoms with Crippen LogP contribution >= 0.6 is 39.3 Å². The van der Waals surface area contributed by atoms with Crippen LogP contribution in [0.15, 0.2) is 22.7 Å². The van der Waals surface area contributed by atoms with Gasteiger partial charge >= 0.3 is 0 Å². The van der Waals surface area contributed by atoms with E-state index in [4.69, 9.17) is 11.6 Å². The Morgan fingerprint density at radius 1 is 1.44 bits per heavy atom. The summed E-state index contributed by atoms with van der Waals surface area (Å²) < 4.78 is 0.755. The van der Waals surface area contributed by atoms with Gasteiger partial charge in [0.1, 0.15) is 0 Å². The van der Waals surface area contributed by atoms with E-state index in [-0.39, 0.29) is 5.91 Å². The molecule has 1 amide bonds. The summed E-state index contributed by atoms with van der Waals surface area (Å²) >= 11 is 11.2. The molecule has 1 heterocycles. The number of hydrogen-bond donors (Lipinski definition) is 1. The van der Waals surface area contributed by atoms with Crippen molar-refractivity contribution >= 4 is 45.2 Å². The Hall–Kier alpha value is -0.190. The predicted octanol–water partition coefficient (Wildman–Crippen LogP) is 3.98. The molecule has 1 aromatic carbocycles. The lowest BCUT2D eigenvalue weighted by Gasteiger charge is -2.21. The zero-order valence-electron chi connectivity index (χ0n) is 9.92. The third-order valence-corrected chi connectivity index (χ3v) is 5.34. The summed E-state index contributed by atoms with van der Waals surface area (Å²) in [6.45, 7) is 0.777. The van der Waals surface area contributed by atoms with E-state index in [0.29, 0.717) is 16.5 Å². The van der Waals surface area contributed by atoms with Crippen LogP contribution in [0.2, 0.25) is 5.02 Å². The molecule has 1 aliphatic rings. The molecule has 98 valence electrons. The van der Waals surface area contributed by atoms with Gasteiger partial charge in [0.15, 0.2) is 0 Å². The summed E-state index contributed by atoms with van der Waals surface area (Å²) in [7, 11) is 0. The van der Waals surface area contributed by atoms with Crippen LogP contribution in [-0.4, -0.2) is 24.0 Å². The Bertz CT molecular complexity index is 435. The first-order valence-corrected chi connectivity index (χ1v) is 8.30. The summed E-state index contributed by atoms with van der Waals surface area (Å²) in [6, 6.07) is 5.24. The Balaban J connectivity index is 1.88. The largest absolute Gasteiger partial charge is 0.352 e. The highest BCUT2D eigenvalue weighted by molar-refractivity contribution is 9.10. The molecule has 0 atom stereocenters. The van der Waals surface area contributed by atoms with E-state index >= 15 is 0 Å². The van der Waals surface area contributed by atoms with E-state index < -0.39 is 0 Å². The summed E-state index contributed by atoms with van der Waals surface area (Å²) in [5.74, 6) is 3.04. The summed E-state index contributed by atoms with van der Waals surface area (Å²) in [5.41, 5.74) is 0.649. The van der Waals surface area contributed by atoms with Gasteiger partial charge in [-0.1, -0.05) is 11.6 Å². The summed E-state index contributed by atoms with van der Waals surface area (Å²) in [6.07, 6.45) is 2.41. The average molecular weight is 349 g/mol. The number of amides is 1. The molecule has 0 aliphatic carbocycles. The molecule has 0 aromatic heterocycles. The fourth-order valence-electron chi connectivity index (χ4n) is 1.93. The van der Waals surface area contributed by atoms with Gasteiger partial charge in [-0.15, -0.1) is 0 Å². The molecule has 2 nitrogen and oxygen atoms in total. The van der Waals surface area contributed by atoms with Crippen LogP contribution in [-0.2, 0) is 0 Å². The minimum absolute atomic E-state index is 0.0226. The first kappa shape index (κ1) is 14.2. The van der Waals surface area contributed by atoms with Crippen molar-refractivity contribution in [3.05, 3.63) is 33.3 Å². The number of thioether (sulfide) groups is 1. The van der Waals surface area contributed by atoms with Crippen LogP contribution in [0.5, 0.6) is 0 Å². The third kappa shape index (κ3) is 3.90. The lowest BCUT2D eigenvalue weighted by atomic mass is 10.0.